The molecule has 0 radical (unpaired) electrons. The van der Waals surface area contributed by atoms with Crippen molar-refractivity contribution in [3.05, 3.63) is 11.8 Å². The topological polar surface area (TPSA) is 18.5 Å². The minimum absolute atomic E-state index is 0.461. The molecule has 1 saturated heterocycles. The summed E-state index contributed by atoms with van der Waals surface area (Å²) in [5, 5.41) is 0. The Balaban J connectivity index is 2.08. The lowest BCUT2D eigenvalue weighted by Gasteiger charge is -2.28. The van der Waals surface area contributed by atoms with Crippen molar-refractivity contribution >= 4 is 0 Å². The Labute approximate surface area is 60.8 Å². The van der Waals surface area contributed by atoms with Crippen LogP contribution < -0.4 is 0 Å². The fraction of sp³-hybridized carbons (Fsp3) is 0.750. The molecule has 2 rings (SSSR count). The molecule has 0 aromatic rings. The van der Waals surface area contributed by atoms with Crippen LogP contribution in [0.25, 0.3) is 0 Å². The Bertz CT molecular complexity index is 151. The van der Waals surface area contributed by atoms with Crippen molar-refractivity contribution in [3.8, 4) is 0 Å². The predicted octanol–water partition coefficient (Wildman–Crippen LogP) is 1.67. The van der Waals surface area contributed by atoms with E-state index in [2.05, 4.69) is 6.08 Å². The molecule has 0 amide bonds. The third-order valence-electron chi connectivity index (χ3n) is 2.13. The summed E-state index contributed by atoms with van der Waals surface area (Å²) in [6.45, 7) is 1.33. The second-order valence-electron chi connectivity index (χ2n) is 2.87. The molecule has 56 valence electrons. The van der Waals surface area contributed by atoms with Crippen LogP contribution in [-0.4, -0.2) is 13.4 Å². The molecule has 1 fully saturated rings. The molecule has 1 unspecified atom stereocenters. The van der Waals surface area contributed by atoms with Crippen LogP contribution in [-0.2, 0) is 9.47 Å². The molecule has 2 aliphatic rings. The van der Waals surface area contributed by atoms with E-state index in [1.54, 1.807) is 0 Å². The molecule has 1 atom stereocenters. The van der Waals surface area contributed by atoms with Gasteiger partial charge in [-0.05, 0) is 25.3 Å². The zero-order valence-corrected chi connectivity index (χ0v) is 6.01. The highest BCUT2D eigenvalue weighted by Gasteiger charge is 2.22. The number of hydrogen-bond acceptors (Lipinski definition) is 2. The van der Waals surface area contributed by atoms with Gasteiger partial charge >= 0.3 is 0 Å². The van der Waals surface area contributed by atoms with Crippen molar-refractivity contribution < 1.29 is 9.47 Å². The molecule has 0 N–H and O–H groups in total. The molecule has 2 heteroatoms. The number of fused-ring (bicyclic) bond motifs is 1. The smallest absolute Gasteiger partial charge is 0.188 e. The zero-order valence-electron chi connectivity index (χ0n) is 6.01. The lowest BCUT2D eigenvalue weighted by atomic mass is 9.94. The van der Waals surface area contributed by atoms with Crippen LogP contribution in [0.2, 0.25) is 0 Å². The normalized spacial score (nSPS) is 32.0. The SMILES string of the molecule is C1=C2OCOCC2CCC1. The minimum Gasteiger partial charge on any atom is -0.472 e. The summed E-state index contributed by atoms with van der Waals surface area (Å²) in [4.78, 5) is 0. The number of rotatable bonds is 0. The van der Waals surface area contributed by atoms with Crippen LogP contribution in [0.5, 0.6) is 0 Å². The van der Waals surface area contributed by atoms with Gasteiger partial charge in [0.15, 0.2) is 6.79 Å². The van der Waals surface area contributed by atoms with Crippen molar-refractivity contribution in [2.45, 2.75) is 19.3 Å². The van der Waals surface area contributed by atoms with Gasteiger partial charge in [0.25, 0.3) is 0 Å². The third kappa shape index (κ3) is 1.03. The molecular formula is C8H12O2. The van der Waals surface area contributed by atoms with E-state index >= 15 is 0 Å². The van der Waals surface area contributed by atoms with Crippen LogP contribution in [0.4, 0.5) is 0 Å². The zero-order chi connectivity index (χ0) is 6.81. The van der Waals surface area contributed by atoms with Crippen LogP contribution in [0.1, 0.15) is 19.3 Å². The van der Waals surface area contributed by atoms with Crippen LogP contribution in [0.3, 0.4) is 0 Å². The Kier molecular flexibility index (Phi) is 1.63. The average molecular weight is 140 g/mol. The summed E-state index contributed by atoms with van der Waals surface area (Å²) in [5.41, 5.74) is 0. The van der Waals surface area contributed by atoms with Gasteiger partial charge in [0.1, 0.15) is 5.76 Å². The van der Waals surface area contributed by atoms with E-state index in [-0.39, 0.29) is 0 Å². The first-order valence-electron chi connectivity index (χ1n) is 3.87. The first-order chi connectivity index (χ1) is 4.97. The predicted molar refractivity (Wildman–Crippen MR) is 37.3 cm³/mol. The second-order valence-corrected chi connectivity index (χ2v) is 2.87. The minimum atomic E-state index is 0.461. The molecule has 0 saturated carbocycles. The molecule has 2 nitrogen and oxygen atoms in total. The number of ether oxygens (including phenoxy) is 2. The molecule has 1 heterocycles. The van der Waals surface area contributed by atoms with Gasteiger partial charge in [-0.25, -0.2) is 0 Å². The molecule has 10 heavy (non-hydrogen) atoms. The van der Waals surface area contributed by atoms with Crippen LogP contribution in [0.15, 0.2) is 11.8 Å². The molecule has 0 spiro atoms. The van der Waals surface area contributed by atoms with Gasteiger partial charge in [0, 0.05) is 5.92 Å². The average Bonchev–Trinajstić information content (AvgIpc) is 2.05. The highest BCUT2D eigenvalue weighted by Crippen LogP contribution is 2.28. The van der Waals surface area contributed by atoms with Gasteiger partial charge in [-0.3, -0.25) is 0 Å². The molecule has 0 bridgehead atoms. The van der Waals surface area contributed by atoms with Crippen molar-refractivity contribution in [1.29, 1.82) is 0 Å². The highest BCUT2D eigenvalue weighted by atomic mass is 16.7. The highest BCUT2D eigenvalue weighted by molar-refractivity contribution is 5.03. The first kappa shape index (κ1) is 6.23. The summed E-state index contributed by atoms with van der Waals surface area (Å²) in [6.07, 6.45) is 5.93. The lowest BCUT2D eigenvalue weighted by molar-refractivity contribution is -0.0899. The largest absolute Gasteiger partial charge is 0.472 e. The van der Waals surface area contributed by atoms with Gasteiger partial charge in [0.2, 0.25) is 0 Å². The van der Waals surface area contributed by atoms with Crippen LogP contribution >= 0.6 is 0 Å². The van der Waals surface area contributed by atoms with E-state index in [0.29, 0.717) is 12.7 Å². The Morgan fingerprint density at radius 3 is 3.40 bits per heavy atom. The fourth-order valence-electron chi connectivity index (χ4n) is 1.56. The maximum absolute atomic E-state index is 5.32. The van der Waals surface area contributed by atoms with E-state index in [9.17, 15) is 0 Å². The van der Waals surface area contributed by atoms with Crippen molar-refractivity contribution in [3.63, 3.8) is 0 Å². The third-order valence-corrected chi connectivity index (χ3v) is 2.13. The van der Waals surface area contributed by atoms with Crippen molar-refractivity contribution in [2.75, 3.05) is 13.4 Å². The summed E-state index contributed by atoms with van der Waals surface area (Å²) in [5.74, 6) is 1.75. The number of hydrogen-bond donors (Lipinski definition) is 0. The van der Waals surface area contributed by atoms with E-state index in [4.69, 9.17) is 9.47 Å². The molecular weight excluding hydrogens is 128 g/mol. The fourth-order valence-corrected chi connectivity index (χ4v) is 1.56. The molecule has 0 aromatic carbocycles. The molecule has 1 aliphatic heterocycles. The summed E-state index contributed by atoms with van der Waals surface area (Å²) < 4.78 is 10.5. The van der Waals surface area contributed by atoms with Crippen molar-refractivity contribution in [2.24, 2.45) is 5.92 Å². The van der Waals surface area contributed by atoms with Gasteiger partial charge < -0.3 is 9.47 Å². The van der Waals surface area contributed by atoms with Crippen LogP contribution in [0, 0.1) is 5.92 Å². The Morgan fingerprint density at radius 1 is 1.50 bits per heavy atom. The summed E-state index contributed by atoms with van der Waals surface area (Å²) in [7, 11) is 0. The second kappa shape index (κ2) is 2.62. The van der Waals surface area contributed by atoms with Gasteiger partial charge in [0.05, 0.1) is 6.61 Å². The summed E-state index contributed by atoms with van der Waals surface area (Å²) >= 11 is 0. The Morgan fingerprint density at radius 2 is 2.50 bits per heavy atom. The monoisotopic (exact) mass is 140 g/mol. The maximum atomic E-state index is 5.32. The first-order valence-corrected chi connectivity index (χ1v) is 3.87. The lowest BCUT2D eigenvalue weighted by Crippen LogP contribution is -2.23. The van der Waals surface area contributed by atoms with Gasteiger partial charge in [-0.2, -0.15) is 0 Å². The van der Waals surface area contributed by atoms with Gasteiger partial charge in [-0.1, -0.05) is 0 Å². The van der Waals surface area contributed by atoms with Gasteiger partial charge in [-0.15, -0.1) is 0 Å². The van der Waals surface area contributed by atoms with E-state index in [0.717, 1.165) is 6.61 Å². The van der Waals surface area contributed by atoms with E-state index < -0.39 is 0 Å². The molecule has 0 aromatic heterocycles. The standard InChI is InChI=1S/C8H12O2/c1-2-4-8-7(3-1)5-9-6-10-8/h4,7H,1-3,5-6H2. The number of allylic oxidation sites excluding steroid dienone is 1. The Hall–Kier alpha value is -0.500. The van der Waals surface area contributed by atoms with E-state index in [1.165, 1.54) is 25.0 Å². The molecule has 1 aliphatic carbocycles. The summed E-state index contributed by atoms with van der Waals surface area (Å²) in [6, 6.07) is 0. The van der Waals surface area contributed by atoms with Crippen molar-refractivity contribution in [1.82, 2.24) is 0 Å². The quantitative estimate of drug-likeness (QED) is 0.509. The maximum Gasteiger partial charge on any atom is 0.188 e. The van der Waals surface area contributed by atoms with E-state index in [1.807, 2.05) is 0 Å².